The molecule has 0 aromatic heterocycles. The molecule has 0 radical (unpaired) electrons. The fourth-order valence-electron chi connectivity index (χ4n) is 3.96. The molecule has 2 aromatic rings. The van der Waals surface area contributed by atoms with E-state index in [-0.39, 0.29) is 5.91 Å². The number of rotatable bonds is 4. The van der Waals surface area contributed by atoms with Gasteiger partial charge in [0.05, 0.1) is 13.7 Å². The van der Waals surface area contributed by atoms with Gasteiger partial charge in [0.2, 0.25) is 5.91 Å². The molecule has 0 spiro atoms. The van der Waals surface area contributed by atoms with Crippen LogP contribution in [0.2, 0.25) is 0 Å². The van der Waals surface area contributed by atoms with Crippen molar-refractivity contribution in [2.45, 2.75) is 13.0 Å². The zero-order valence-electron chi connectivity index (χ0n) is 15.9. The molecule has 0 unspecified atom stereocenters. The summed E-state index contributed by atoms with van der Waals surface area (Å²) in [6.45, 7) is 5.84. The van der Waals surface area contributed by atoms with Crippen LogP contribution in [0.4, 0.5) is 5.69 Å². The summed E-state index contributed by atoms with van der Waals surface area (Å²) in [6, 6.07) is 16.7. The first-order chi connectivity index (χ1) is 13.2. The molecule has 1 amide bonds. The van der Waals surface area contributed by atoms with E-state index in [2.05, 4.69) is 46.2 Å². The first kappa shape index (κ1) is 17.9. The fraction of sp³-hybridized carbons (Fsp3) is 0.409. The SMILES string of the molecule is COc1ccc(N2CCN(CC(=O)N3CCc4ccccc4C3)CC2)cc1. The molecular weight excluding hydrogens is 338 g/mol. The van der Waals surface area contributed by atoms with Crippen LogP contribution in [0.25, 0.3) is 0 Å². The summed E-state index contributed by atoms with van der Waals surface area (Å²) in [4.78, 5) is 19.4. The van der Waals surface area contributed by atoms with Gasteiger partial charge in [0.15, 0.2) is 0 Å². The lowest BCUT2D eigenvalue weighted by atomic mass is 10.00. The highest BCUT2D eigenvalue weighted by molar-refractivity contribution is 5.78. The third kappa shape index (κ3) is 4.08. The van der Waals surface area contributed by atoms with Crippen molar-refractivity contribution < 1.29 is 9.53 Å². The minimum atomic E-state index is 0.252. The smallest absolute Gasteiger partial charge is 0.237 e. The van der Waals surface area contributed by atoms with E-state index in [4.69, 9.17) is 4.74 Å². The molecule has 0 saturated carbocycles. The van der Waals surface area contributed by atoms with Gasteiger partial charge in [0.25, 0.3) is 0 Å². The van der Waals surface area contributed by atoms with E-state index in [0.717, 1.165) is 51.4 Å². The van der Waals surface area contributed by atoms with Crippen LogP contribution in [0.15, 0.2) is 48.5 Å². The van der Waals surface area contributed by atoms with E-state index in [1.165, 1.54) is 16.8 Å². The summed E-state index contributed by atoms with van der Waals surface area (Å²) in [7, 11) is 1.69. The number of carbonyl (C=O) groups is 1. The Morgan fingerprint density at radius 2 is 1.63 bits per heavy atom. The number of methoxy groups -OCH3 is 1. The van der Waals surface area contributed by atoms with Gasteiger partial charge in [-0.25, -0.2) is 0 Å². The summed E-state index contributed by atoms with van der Waals surface area (Å²) in [5, 5.41) is 0. The molecule has 1 saturated heterocycles. The average molecular weight is 365 g/mol. The first-order valence-electron chi connectivity index (χ1n) is 9.69. The third-order valence-corrected chi connectivity index (χ3v) is 5.65. The molecule has 0 atom stereocenters. The van der Waals surface area contributed by atoms with Gasteiger partial charge >= 0.3 is 0 Å². The molecule has 0 aliphatic carbocycles. The second kappa shape index (κ2) is 8.01. The third-order valence-electron chi connectivity index (χ3n) is 5.65. The highest BCUT2D eigenvalue weighted by Gasteiger charge is 2.24. The van der Waals surface area contributed by atoms with Gasteiger partial charge in [-0.05, 0) is 41.8 Å². The normalized spacial score (nSPS) is 17.5. The Kier molecular flexibility index (Phi) is 5.30. The van der Waals surface area contributed by atoms with E-state index < -0.39 is 0 Å². The predicted octanol–water partition coefficient (Wildman–Crippen LogP) is 2.40. The van der Waals surface area contributed by atoms with Crippen LogP contribution >= 0.6 is 0 Å². The number of nitrogens with zero attached hydrogens (tertiary/aromatic N) is 3. The van der Waals surface area contributed by atoms with Gasteiger partial charge < -0.3 is 14.5 Å². The zero-order chi connectivity index (χ0) is 18.6. The van der Waals surface area contributed by atoms with Crippen LogP contribution in [-0.2, 0) is 17.8 Å². The Balaban J connectivity index is 1.28. The molecule has 0 N–H and O–H groups in total. The fourth-order valence-corrected chi connectivity index (χ4v) is 3.96. The van der Waals surface area contributed by atoms with Crippen LogP contribution in [0, 0.1) is 0 Å². The van der Waals surface area contributed by atoms with E-state index in [1.807, 2.05) is 17.0 Å². The number of benzene rings is 2. The predicted molar refractivity (Wildman–Crippen MR) is 107 cm³/mol. The molecule has 5 heteroatoms. The summed E-state index contributed by atoms with van der Waals surface area (Å²) in [5.41, 5.74) is 3.89. The minimum Gasteiger partial charge on any atom is -0.497 e. The Hall–Kier alpha value is -2.53. The molecule has 4 rings (SSSR count). The largest absolute Gasteiger partial charge is 0.497 e. The van der Waals surface area contributed by atoms with Crippen LogP contribution in [0.5, 0.6) is 5.75 Å². The lowest BCUT2D eigenvalue weighted by molar-refractivity contribution is -0.133. The molecule has 142 valence electrons. The van der Waals surface area contributed by atoms with Crippen LogP contribution < -0.4 is 9.64 Å². The average Bonchev–Trinajstić information content (AvgIpc) is 2.74. The molecule has 2 heterocycles. The molecule has 0 bridgehead atoms. The summed E-state index contributed by atoms with van der Waals surface area (Å²) in [5.74, 6) is 1.13. The number of fused-ring (bicyclic) bond motifs is 1. The van der Waals surface area contributed by atoms with Gasteiger partial charge in [0.1, 0.15) is 5.75 Å². The highest BCUT2D eigenvalue weighted by atomic mass is 16.5. The van der Waals surface area contributed by atoms with Crippen LogP contribution in [-0.4, -0.2) is 62.1 Å². The topological polar surface area (TPSA) is 36.0 Å². The summed E-state index contributed by atoms with van der Waals surface area (Å²) < 4.78 is 5.23. The maximum Gasteiger partial charge on any atom is 0.237 e. The molecule has 2 aliphatic heterocycles. The Morgan fingerprint density at radius 1 is 0.926 bits per heavy atom. The van der Waals surface area contributed by atoms with Crippen molar-refractivity contribution in [3.8, 4) is 5.75 Å². The second-order valence-electron chi connectivity index (χ2n) is 7.30. The van der Waals surface area contributed by atoms with Crippen LogP contribution in [0.1, 0.15) is 11.1 Å². The van der Waals surface area contributed by atoms with Gasteiger partial charge in [-0.2, -0.15) is 0 Å². The minimum absolute atomic E-state index is 0.252. The summed E-state index contributed by atoms with van der Waals surface area (Å²) in [6.07, 6.45) is 0.965. The number of hydrogen-bond acceptors (Lipinski definition) is 4. The molecule has 5 nitrogen and oxygen atoms in total. The molecule has 2 aliphatic rings. The van der Waals surface area contributed by atoms with Crippen molar-refractivity contribution in [1.82, 2.24) is 9.80 Å². The number of amides is 1. The van der Waals surface area contributed by atoms with Gasteiger partial charge in [0, 0.05) is 45.0 Å². The second-order valence-corrected chi connectivity index (χ2v) is 7.30. The van der Waals surface area contributed by atoms with Crippen molar-refractivity contribution in [3.63, 3.8) is 0 Å². The molecule has 2 aromatic carbocycles. The van der Waals surface area contributed by atoms with Gasteiger partial charge in [-0.1, -0.05) is 24.3 Å². The number of hydrogen-bond donors (Lipinski definition) is 0. The lowest BCUT2D eigenvalue weighted by Gasteiger charge is -2.37. The number of piperazine rings is 1. The standard InChI is InChI=1S/C22H27N3O2/c1-27-21-8-6-20(7-9-21)24-14-12-23(13-15-24)17-22(26)25-11-10-18-4-2-3-5-19(18)16-25/h2-9H,10-17H2,1H3. The first-order valence-corrected chi connectivity index (χ1v) is 9.69. The van der Waals surface area contributed by atoms with E-state index >= 15 is 0 Å². The number of anilines is 1. The molecular formula is C22H27N3O2. The maximum absolute atomic E-state index is 12.8. The van der Waals surface area contributed by atoms with Gasteiger partial charge in [-0.3, -0.25) is 9.69 Å². The molecule has 27 heavy (non-hydrogen) atoms. The monoisotopic (exact) mass is 365 g/mol. The summed E-state index contributed by atoms with van der Waals surface area (Å²) >= 11 is 0. The molecule has 1 fully saturated rings. The van der Waals surface area contributed by atoms with Crippen molar-refractivity contribution in [2.75, 3.05) is 51.3 Å². The lowest BCUT2D eigenvalue weighted by Crippen LogP contribution is -2.50. The van der Waals surface area contributed by atoms with E-state index in [0.29, 0.717) is 6.54 Å². The Morgan fingerprint density at radius 3 is 2.33 bits per heavy atom. The van der Waals surface area contributed by atoms with Crippen LogP contribution in [0.3, 0.4) is 0 Å². The quantitative estimate of drug-likeness (QED) is 0.834. The van der Waals surface area contributed by atoms with E-state index in [9.17, 15) is 4.79 Å². The maximum atomic E-state index is 12.8. The Labute approximate surface area is 161 Å². The zero-order valence-corrected chi connectivity index (χ0v) is 15.9. The van der Waals surface area contributed by atoms with Crippen molar-refractivity contribution in [1.29, 1.82) is 0 Å². The number of ether oxygens (including phenoxy) is 1. The number of carbonyl (C=O) groups excluding carboxylic acids is 1. The van der Waals surface area contributed by atoms with Crippen molar-refractivity contribution in [2.24, 2.45) is 0 Å². The van der Waals surface area contributed by atoms with Crippen molar-refractivity contribution in [3.05, 3.63) is 59.7 Å². The highest BCUT2D eigenvalue weighted by Crippen LogP contribution is 2.21. The van der Waals surface area contributed by atoms with E-state index in [1.54, 1.807) is 7.11 Å². The Bertz CT molecular complexity index is 782. The van der Waals surface area contributed by atoms with Crippen molar-refractivity contribution >= 4 is 11.6 Å². The van der Waals surface area contributed by atoms with Gasteiger partial charge in [-0.15, -0.1) is 0 Å².